The van der Waals surface area contributed by atoms with Crippen LogP contribution in [0.3, 0.4) is 0 Å². The fourth-order valence-corrected chi connectivity index (χ4v) is 2.23. The van der Waals surface area contributed by atoms with Gasteiger partial charge in [0.05, 0.1) is 30.5 Å². The van der Waals surface area contributed by atoms with E-state index in [4.69, 9.17) is 21.1 Å². The molecule has 1 aromatic rings. The zero-order chi connectivity index (χ0) is 12.1. The van der Waals surface area contributed by atoms with Gasteiger partial charge >= 0.3 is 0 Å². The Balaban J connectivity index is 2.14. The molecule has 1 fully saturated rings. The molecule has 4 heteroatoms. The molecular weight excluding hydrogens is 238 g/mol. The maximum absolute atomic E-state index is 5.98. The van der Waals surface area contributed by atoms with Crippen molar-refractivity contribution in [3.05, 3.63) is 18.0 Å². The maximum Gasteiger partial charge on any atom is 0.179 e. The summed E-state index contributed by atoms with van der Waals surface area (Å²) < 4.78 is 11.5. The molecule has 1 saturated carbocycles. The van der Waals surface area contributed by atoms with E-state index >= 15 is 0 Å². The van der Waals surface area contributed by atoms with E-state index < -0.39 is 0 Å². The first-order chi connectivity index (χ1) is 8.33. The second-order valence-corrected chi connectivity index (χ2v) is 4.48. The SMILES string of the molecule is CCOc1cnc(CCl)cc1OC1CCCC1. The Labute approximate surface area is 107 Å². The number of pyridine rings is 1. The van der Waals surface area contributed by atoms with Crippen LogP contribution in [0.15, 0.2) is 12.3 Å². The third kappa shape index (κ3) is 3.25. The Hall–Kier alpha value is -0.960. The van der Waals surface area contributed by atoms with Crippen molar-refractivity contribution in [3.63, 3.8) is 0 Å². The van der Waals surface area contributed by atoms with Gasteiger partial charge in [-0.1, -0.05) is 0 Å². The van der Waals surface area contributed by atoms with Crippen LogP contribution in [0.4, 0.5) is 0 Å². The molecule has 1 aromatic heterocycles. The number of nitrogens with zero attached hydrogens (tertiary/aromatic N) is 1. The summed E-state index contributed by atoms with van der Waals surface area (Å²) in [6.07, 6.45) is 6.78. The number of halogens is 1. The highest BCUT2D eigenvalue weighted by molar-refractivity contribution is 6.16. The Kier molecular flexibility index (Phi) is 4.49. The van der Waals surface area contributed by atoms with Gasteiger partial charge in [-0.25, -0.2) is 0 Å². The summed E-state index contributed by atoms with van der Waals surface area (Å²) in [7, 11) is 0. The summed E-state index contributed by atoms with van der Waals surface area (Å²) in [6, 6.07) is 1.89. The Morgan fingerprint density at radius 1 is 1.35 bits per heavy atom. The molecule has 0 radical (unpaired) electrons. The van der Waals surface area contributed by atoms with Crippen LogP contribution in [0, 0.1) is 0 Å². The number of rotatable bonds is 5. The first-order valence-corrected chi connectivity index (χ1v) is 6.71. The summed E-state index contributed by atoms with van der Waals surface area (Å²) in [5.74, 6) is 1.89. The highest BCUT2D eigenvalue weighted by atomic mass is 35.5. The van der Waals surface area contributed by atoms with Crippen molar-refractivity contribution in [3.8, 4) is 11.5 Å². The molecule has 0 saturated heterocycles. The smallest absolute Gasteiger partial charge is 0.179 e. The molecule has 94 valence electrons. The van der Waals surface area contributed by atoms with Crippen molar-refractivity contribution < 1.29 is 9.47 Å². The molecule has 1 heterocycles. The highest BCUT2D eigenvalue weighted by Gasteiger charge is 2.18. The van der Waals surface area contributed by atoms with E-state index in [0.29, 0.717) is 24.3 Å². The Morgan fingerprint density at radius 2 is 2.12 bits per heavy atom. The van der Waals surface area contributed by atoms with E-state index in [1.807, 2.05) is 13.0 Å². The quantitative estimate of drug-likeness (QED) is 0.754. The molecule has 0 spiro atoms. The van der Waals surface area contributed by atoms with E-state index in [1.165, 1.54) is 12.8 Å². The molecular formula is C13H18ClNO2. The average molecular weight is 256 g/mol. The maximum atomic E-state index is 5.98. The van der Waals surface area contributed by atoms with Crippen molar-refractivity contribution in [2.24, 2.45) is 0 Å². The summed E-state index contributed by atoms with van der Waals surface area (Å²) in [6.45, 7) is 2.57. The molecule has 3 nitrogen and oxygen atoms in total. The normalized spacial score (nSPS) is 16.1. The molecule has 0 aliphatic heterocycles. The minimum Gasteiger partial charge on any atom is -0.488 e. The second-order valence-electron chi connectivity index (χ2n) is 4.21. The molecule has 0 N–H and O–H groups in total. The summed E-state index contributed by atoms with van der Waals surface area (Å²) in [4.78, 5) is 4.21. The monoisotopic (exact) mass is 255 g/mol. The Morgan fingerprint density at radius 3 is 2.76 bits per heavy atom. The highest BCUT2D eigenvalue weighted by Crippen LogP contribution is 2.31. The fraction of sp³-hybridized carbons (Fsp3) is 0.615. The van der Waals surface area contributed by atoms with Crippen LogP contribution in [0.1, 0.15) is 38.3 Å². The molecule has 2 rings (SSSR count). The first kappa shape index (κ1) is 12.5. The van der Waals surface area contributed by atoms with Crippen LogP contribution in [-0.2, 0) is 5.88 Å². The van der Waals surface area contributed by atoms with E-state index in [1.54, 1.807) is 6.20 Å². The summed E-state index contributed by atoms with van der Waals surface area (Å²) in [5.41, 5.74) is 0.822. The van der Waals surface area contributed by atoms with Crippen LogP contribution in [0.5, 0.6) is 11.5 Å². The van der Waals surface area contributed by atoms with Gasteiger partial charge < -0.3 is 9.47 Å². The van der Waals surface area contributed by atoms with Gasteiger partial charge in [-0.05, 0) is 32.6 Å². The zero-order valence-electron chi connectivity index (χ0n) is 10.1. The lowest BCUT2D eigenvalue weighted by Gasteiger charge is -2.16. The molecule has 0 aromatic carbocycles. The number of hydrogen-bond donors (Lipinski definition) is 0. The lowest BCUT2D eigenvalue weighted by molar-refractivity contribution is 0.196. The molecule has 1 aliphatic carbocycles. The van der Waals surface area contributed by atoms with Crippen molar-refractivity contribution in [1.82, 2.24) is 4.98 Å². The van der Waals surface area contributed by atoms with Crippen molar-refractivity contribution in [2.75, 3.05) is 6.61 Å². The predicted octanol–water partition coefficient (Wildman–Crippen LogP) is 3.54. The third-order valence-corrected chi connectivity index (χ3v) is 3.19. The van der Waals surface area contributed by atoms with Gasteiger partial charge in [-0.2, -0.15) is 0 Å². The van der Waals surface area contributed by atoms with E-state index in [9.17, 15) is 0 Å². The largest absolute Gasteiger partial charge is 0.488 e. The lowest BCUT2D eigenvalue weighted by atomic mass is 10.3. The minimum absolute atomic E-state index is 0.319. The van der Waals surface area contributed by atoms with Gasteiger partial charge in [0.2, 0.25) is 0 Å². The van der Waals surface area contributed by atoms with Crippen LogP contribution in [0.25, 0.3) is 0 Å². The standard InChI is InChI=1S/C13H18ClNO2/c1-2-16-13-9-15-10(8-14)7-12(13)17-11-5-3-4-6-11/h7,9,11H,2-6,8H2,1H3. The van der Waals surface area contributed by atoms with Crippen LogP contribution in [-0.4, -0.2) is 17.7 Å². The molecule has 0 unspecified atom stereocenters. The van der Waals surface area contributed by atoms with Gasteiger partial charge in [0, 0.05) is 6.07 Å². The number of alkyl halides is 1. The number of hydrogen-bond acceptors (Lipinski definition) is 3. The van der Waals surface area contributed by atoms with E-state index in [0.717, 1.165) is 24.3 Å². The van der Waals surface area contributed by atoms with Gasteiger partial charge in [-0.3, -0.25) is 4.98 Å². The van der Waals surface area contributed by atoms with E-state index in [-0.39, 0.29) is 0 Å². The number of aromatic nitrogens is 1. The van der Waals surface area contributed by atoms with Crippen LogP contribution < -0.4 is 9.47 Å². The summed E-state index contributed by atoms with van der Waals surface area (Å²) >= 11 is 5.79. The van der Waals surface area contributed by atoms with Gasteiger partial charge in [0.1, 0.15) is 0 Å². The summed E-state index contributed by atoms with van der Waals surface area (Å²) in [5, 5.41) is 0. The second kappa shape index (κ2) is 6.10. The van der Waals surface area contributed by atoms with Crippen molar-refractivity contribution in [2.45, 2.75) is 44.6 Å². The molecule has 1 aliphatic rings. The molecule has 0 amide bonds. The van der Waals surface area contributed by atoms with Crippen LogP contribution >= 0.6 is 11.6 Å². The molecule has 0 atom stereocenters. The van der Waals surface area contributed by atoms with E-state index in [2.05, 4.69) is 4.98 Å². The van der Waals surface area contributed by atoms with Crippen molar-refractivity contribution >= 4 is 11.6 Å². The van der Waals surface area contributed by atoms with Gasteiger partial charge in [0.25, 0.3) is 0 Å². The molecule has 17 heavy (non-hydrogen) atoms. The topological polar surface area (TPSA) is 31.4 Å². The zero-order valence-corrected chi connectivity index (χ0v) is 10.9. The average Bonchev–Trinajstić information content (AvgIpc) is 2.84. The van der Waals surface area contributed by atoms with Crippen molar-refractivity contribution in [1.29, 1.82) is 0 Å². The van der Waals surface area contributed by atoms with Gasteiger partial charge in [-0.15, -0.1) is 11.6 Å². The third-order valence-electron chi connectivity index (χ3n) is 2.92. The minimum atomic E-state index is 0.319. The fourth-order valence-electron chi connectivity index (χ4n) is 2.08. The molecule has 0 bridgehead atoms. The number of ether oxygens (including phenoxy) is 2. The lowest BCUT2D eigenvalue weighted by Crippen LogP contribution is -2.12. The van der Waals surface area contributed by atoms with Crippen LogP contribution in [0.2, 0.25) is 0 Å². The first-order valence-electron chi connectivity index (χ1n) is 6.17. The Bertz CT molecular complexity index is 364. The van der Waals surface area contributed by atoms with Gasteiger partial charge in [0.15, 0.2) is 11.5 Å². The predicted molar refractivity (Wildman–Crippen MR) is 67.8 cm³/mol.